The van der Waals surface area contributed by atoms with Crippen molar-refractivity contribution in [3.63, 3.8) is 0 Å². The maximum absolute atomic E-state index is 12.9. The molecule has 0 N–H and O–H groups in total. The number of carbonyl (C=O) groups excluding carboxylic acids is 1. The number of hydrogen-bond donors (Lipinski definition) is 0. The molecular formula is C22H26N2O. The second-order valence-electron chi connectivity index (χ2n) is 6.80. The molecule has 130 valence electrons. The summed E-state index contributed by atoms with van der Waals surface area (Å²) in [4.78, 5) is 17.2. The Kier molecular flexibility index (Phi) is 6.02. The van der Waals surface area contributed by atoms with Gasteiger partial charge in [-0.2, -0.15) is 0 Å². The molecule has 0 saturated carbocycles. The van der Waals surface area contributed by atoms with E-state index in [4.69, 9.17) is 0 Å². The van der Waals surface area contributed by atoms with Crippen molar-refractivity contribution in [3.8, 4) is 0 Å². The van der Waals surface area contributed by atoms with Crippen molar-refractivity contribution in [2.24, 2.45) is 5.92 Å². The van der Waals surface area contributed by atoms with E-state index in [1.54, 1.807) is 6.08 Å². The Balaban J connectivity index is 1.76. The molecule has 1 heterocycles. The maximum atomic E-state index is 12.9. The Hall–Kier alpha value is -2.39. The van der Waals surface area contributed by atoms with Gasteiger partial charge in [-0.25, -0.2) is 0 Å². The first kappa shape index (κ1) is 17.4. The quantitative estimate of drug-likeness (QED) is 0.770. The van der Waals surface area contributed by atoms with Crippen molar-refractivity contribution < 1.29 is 4.79 Å². The molecule has 1 fully saturated rings. The van der Waals surface area contributed by atoms with Gasteiger partial charge in [-0.3, -0.25) is 4.79 Å². The van der Waals surface area contributed by atoms with E-state index >= 15 is 0 Å². The highest BCUT2D eigenvalue weighted by molar-refractivity contribution is 6.03. The second-order valence-corrected chi connectivity index (χ2v) is 6.80. The molecule has 3 nitrogen and oxygen atoms in total. The van der Waals surface area contributed by atoms with Gasteiger partial charge in [0.25, 0.3) is 5.91 Å². The van der Waals surface area contributed by atoms with Crippen molar-refractivity contribution >= 4 is 17.7 Å². The van der Waals surface area contributed by atoms with Gasteiger partial charge < -0.3 is 9.80 Å². The van der Waals surface area contributed by atoms with Crippen LogP contribution in [0.4, 0.5) is 5.69 Å². The van der Waals surface area contributed by atoms with Crippen LogP contribution in [0.2, 0.25) is 0 Å². The smallest absolute Gasteiger partial charge is 0.250 e. The second kappa shape index (κ2) is 8.63. The van der Waals surface area contributed by atoms with Gasteiger partial charge in [-0.1, -0.05) is 48.5 Å². The largest absolute Gasteiger partial charge is 0.309 e. The minimum Gasteiger partial charge on any atom is -0.309 e. The summed E-state index contributed by atoms with van der Waals surface area (Å²) in [5.41, 5.74) is 2.01. The average Bonchev–Trinajstić information content (AvgIpc) is 2.66. The molecule has 2 aromatic rings. The molecule has 0 spiro atoms. The molecule has 1 aliphatic rings. The molecule has 0 aliphatic carbocycles. The van der Waals surface area contributed by atoms with Gasteiger partial charge in [0.05, 0.1) is 0 Å². The van der Waals surface area contributed by atoms with E-state index in [1.165, 1.54) is 12.8 Å². The predicted molar refractivity (Wildman–Crippen MR) is 104 cm³/mol. The van der Waals surface area contributed by atoms with Crippen LogP contribution < -0.4 is 4.90 Å². The lowest BCUT2D eigenvalue weighted by Gasteiger charge is -2.33. The van der Waals surface area contributed by atoms with Gasteiger partial charge in [0, 0.05) is 24.9 Å². The van der Waals surface area contributed by atoms with Gasteiger partial charge in [0.2, 0.25) is 0 Å². The highest BCUT2D eigenvalue weighted by Crippen LogP contribution is 2.21. The van der Waals surface area contributed by atoms with Crippen LogP contribution in [0, 0.1) is 5.92 Å². The van der Waals surface area contributed by atoms with Crippen LogP contribution in [0.1, 0.15) is 18.4 Å². The van der Waals surface area contributed by atoms with Crippen LogP contribution in [0.15, 0.2) is 66.7 Å². The third kappa shape index (κ3) is 5.04. The zero-order chi connectivity index (χ0) is 17.5. The number of anilines is 1. The molecule has 25 heavy (non-hydrogen) atoms. The lowest BCUT2D eigenvalue weighted by Crippen LogP contribution is -2.41. The number of benzene rings is 2. The first-order valence-corrected chi connectivity index (χ1v) is 9.00. The van der Waals surface area contributed by atoms with Crippen LogP contribution in [0.3, 0.4) is 0 Å². The normalized spacial score (nSPS) is 18.4. The Morgan fingerprint density at radius 3 is 2.48 bits per heavy atom. The number of hydrogen-bond acceptors (Lipinski definition) is 2. The summed E-state index contributed by atoms with van der Waals surface area (Å²) in [6.07, 6.45) is 5.97. The van der Waals surface area contributed by atoms with E-state index < -0.39 is 0 Å². The molecule has 0 aromatic heterocycles. The number of piperidine rings is 1. The molecule has 1 amide bonds. The highest BCUT2D eigenvalue weighted by atomic mass is 16.2. The molecule has 3 heteroatoms. The summed E-state index contributed by atoms with van der Waals surface area (Å²) in [5.74, 6) is 0.566. The van der Waals surface area contributed by atoms with Crippen LogP contribution in [-0.2, 0) is 4.79 Å². The highest BCUT2D eigenvalue weighted by Gasteiger charge is 2.22. The van der Waals surface area contributed by atoms with Gasteiger partial charge >= 0.3 is 0 Å². The molecule has 1 saturated heterocycles. The van der Waals surface area contributed by atoms with E-state index in [0.717, 1.165) is 30.9 Å². The third-order valence-electron chi connectivity index (χ3n) is 4.71. The van der Waals surface area contributed by atoms with Crippen LogP contribution in [0.5, 0.6) is 0 Å². The van der Waals surface area contributed by atoms with Gasteiger partial charge in [0.15, 0.2) is 0 Å². The first-order valence-electron chi connectivity index (χ1n) is 9.00. The zero-order valence-corrected chi connectivity index (χ0v) is 14.8. The number of carbonyl (C=O) groups is 1. The SMILES string of the molecule is CN1CCCC(CN(C(=O)/C=C/c2ccccc2)c2ccccc2)C1. The monoisotopic (exact) mass is 334 g/mol. The summed E-state index contributed by atoms with van der Waals surface area (Å²) >= 11 is 0. The Morgan fingerprint density at radius 2 is 1.80 bits per heavy atom. The van der Waals surface area contributed by atoms with Gasteiger partial charge in [-0.05, 0) is 56.1 Å². The van der Waals surface area contributed by atoms with Crippen LogP contribution in [-0.4, -0.2) is 37.5 Å². The van der Waals surface area contributed by atoms with Crippen LogP contribution in [0.25, 0.3) is 6.08 Å². The molecule has 1 aliphatic heterocycles. The number of nitrogens with zero attached hydrogens (tertiary/aromatic N) is 2. The van der Waals surface area contributed by atoms with Gasteiger partial charge in [0.1, 0.15) is 0 Å². The number of likely N-dealkylation sites (tertiary alicyclic amines) is 1. The number of para-hydroxylation sites is 1. The standard InChI is InChI=1S/C22H26N2O/c1-23-16-8-11-20(17-23)18-24(21-12-6-3-7-13-21)22(25)15-14-19-9-4-2-5-10-19/h2-7,9-10,12-15,20H,8,11,16-18H2,1H3/b15-14+. The van der Waals surface area contributed by atoms with Crippen molar-refractivity contribution in [2.45, 2.75) is 12.8 Å². The third-order valence-corrected chi connectivity index (χ3v) is 4.71. The molecular weight excluding hydrogens is 308 g/mol. The van der Waals surface area contributed by atoms with Crippen LogP contribution >= 0.6 is 0 Å². The van der Waals surface area contributed by atoms with E-state index in [0.29, 0.717) is 5.92 Å². The van der Waals surface area contributed by atoms with E-state index in [9.17, 15) is 4.79 Å². The summed E-state index contributed by atoms with van der Waals surface area (Å²) in [6, 6.07) is 20.0. The minimum absolute atomic E-state index is 0.0447. The fraction of sp³-hybridized carbons (Fsp3) is 0.318. The Bertz CT molecular complexity index is 696. The van der Waals surface area contributed by atoms with Crippen molar-refractivity contribution in [1.82, 2.24) is 4.90 Å². The molecule has 0 radical (unpaired) electrons. The van der Waals surface area contributed by atoms with E-state index in [1.807, 2.05) is 71.6 Å². The molecule has 1 atom stereocenters. The minimum atomic E-state index is 0.0447. The summed E-state index contributed by atoms with van der Waals surface area (Å²) in [7, 11) is 2.16. The van der Waals surface area contributed by atoms with E-state index in [-0.39, 0.29) is 5.91 Å². The summed E-state index contributed by atoms with van der Waals surface area (Å²) < 4.78 is 0. The molecule has 2 aromatic carbocycles. The van der Waals surface area contributed by atoms with E-state index in [2.05, 4.69) is 11.9 Å². The fourth-order valence-electron chi connectivity index (χ4n) is 3.43. The lowest BCUT2D eigenvalue weighted by molar-refractivity contribution is -0.114. The lowest BCUT2D eigenvalue weighted by atomic mass is 9.97. The number of amides is 1. The molecule has 1 unspecified atom stereocenters. The predicted octanol–water partition coefficient (Wildman–Crippen LogP) is 4.07. The Labute approximate surface area is 150 Å². The first-order chi connectivity index (χ1) is 12.2. The number of rotatable bonds is 5. The maximum Gasteiger partial charge on any atom is 0.250 e. The topological polar surface area (TPSA) is 23.6 Å². The summed E-state index contributed by atoms with van der Waals surface area (Å²) in [6.45, 7) is 2.98. The molecule has 3 rings (SSSR count). The average molecular weight is 334 g/mol. The van der Waals surface area contributed by atoms with Gasteiger partial charge in [-0.15, -0.1) is 0 Å². The fourth-order valence-corrected chi connectivity index (χ4v) is 3.43. The van der Waals surface area contributed by atoms with Crippen molar-refractivity contribution in [1.29, 1.82) is 0 Å². The zero-order valence-electron chi connectivity index (χ0n) is 14.8. The summed E-state index contributed by atoms with van der Waals surface area (Å²) in [5, 5.41) is 0. The van der Waals surface area contributed by atoms with Crippen molar-refractivity contribution in [2.75, 3.05) is 31.6 Å². The molecule has 0 bridgehead atoms. The Morgan fingerprint density at radius 1 is 1.12 bits per heavy atom. The van der Waals surface area contributed by atoms with Crippen molar-refractivity contribution in [3.05, 3.63) is 72.3 Å².